The zero-order valence-electron chi connectivity index (χ0n) is 13.6. The van der Waals surface area contributed by atoms with E-state index in [0.29, 0.717) is 31.1 Å². The molecule has 122 valence electrons. The molecule has 0 aromatic heterocycles. The number of methoxy groups -OCH3 is 2. The van der Waals surface area contributed by atoms with Crippen LogP contribution in [-0.4, -0.2) is 44.0 Å². The van der Waals surface area contributed by atoms with Gasteiger partial charge in [0.1, 0.15) is 6.42 Å². The number of hydrogen-bond acceptors (Lipinski definition) is 4. The van der Waals surface area contributed by atoms with Gasteiger partial charge in [0.05, 0.1) is 14.2 Å². The van der Waals surface area contributed by atoms with Gasteiger partial charge in [-0.25, -0.2) is 0 Å². The predicted molar refractivity (Wildman–Crippen MR) is 83.9 cm³/mol. The quantitative estimate of drug-likeness (QED) is 0.740. The summed E-state index contributed by atoms with van der Waals surface area (Å²) < 4.78 is 10.4. The Morgan fingerprint density at radius 1 is 1.09 bits per heavy atom. The van der Waals surface area contributed by atoms with Crippen LogP contribution in [0.5, 0.6) is 11.5 Å². The minimum atomic E-state index is -0.285. The average molecular weight is 308 g/mol. The van der Waals surface area contributed by atoms with Crippen molar-refractivity contribution in [2.75, 3.05) is 27.3 Å². The summed E-state index contributed by atoms with van der Waals surface area (Å²) in [6, 6.07) is 5.42. The van der Waals surface area contributed by atoms with Crippen molar-refractivity contribution in [3.63, 3.8) is 0 Å². The molecule has 22 heavy (non-hydrogen) atoms. The molecule has 1 rings (SSSR count). The van der Waals surface area contributed by atoms with E-state index >= 15 is 0 Å². The molecule has 6 heteroatoms. The highest BCUT2D eigenvalue weighted by molar-refractivity contribution is 5.96. The van der Waals surface area contributed by atoms with Crippen molar-refractivity contribution < 1.29 is 19.1 Å². The van der Waals surface area contributed by atoms with E-state index in [2.05, 4.69) is 5.32 Å². The van der Waals surface area contributed by atoms with Crippen molar-refractivity contribution in [2.45, 2.75) is 26.8 Å². The molecule has 2 amide bonds. The minimum Gasteiger partial charge on any atom is -0.493 e. The molecule has 0 fully saturated rings. The number of benzene rings is 1. The number of carbonyl (C=O) groups is 2. The first-order chi connectivity index (χ1) is 10.5. The molecule has 1 aromatic rings. The molecule has 0 radical (unpaired) electrons. The van der Waals surface area contributed by atoms with Crippen molar-refractivity contribution in [2.24, 2.45) is 0 Å². The van der Waals surface area contributed by atoms with E-state index in [1.807, 2.05) is 19.9 Å². The van der Waals surface area contributed by atoms with Gasteiger partial charge >= 0.3 is 0 Å². The zero-order valence-corrected chi connectivity index (χ0v) is 13.6. The number of ether oxygens (including phenoxy) is 2. The van der Waals surface area contributed by atoms with Gasteiger partial charge in [-0.05, 0) is 31.5 Å². The third-order valence-electron chi connectivity index (χ3n) is 3.37. The standard InChI is InChI=1S/C16H24N2O4/c1-5-18(6-2)16(20)10-15(19)17-11-12-7-8-13(21-3)14(9-12)22-4/h7-9H,5-6,10-11H2,1-4H3,(H,17,19). The number of nitrogens with one attached hydrogen (secondary N) is 1. The second kappa shape index (κ2) is 8.92. The first-order valence-corrected chi connectivity index (χ1v) is 7.31. The van der Waals surface area contributed by atoms with E-state index in [4.69, 9.17) is 9.47 Å². The molecule has 0 saturated heterocycles. The van der Waals surface area contributed by atoms with E-state index in [1.165, 1.54) is 0 Å². The average Bonchev–Trinajstić information content (AvgIpc) is 2.53. The monoisotopic (exact) mass is 308 g/mol. The van der Waals surface area contributed by atoms with Gasteiger partial charge in [0.15, 0.2) is 11.5 Å². The molecule has 0 aliphatic rings. The van der Waals surface area contributed by atoms with E-state index in [-0.39, 0.29) is 18.2 Å². The topological polar surface area (TPSA) is 67.9 Å². The van der Waals surface area contributed by atoms with Crippen LogP contribution in [0.4, 0.5) is 0 Å². The number of hydrogen-bond donors (Lipinski definition) is 1. The Bertz CT molecular complexity index is 513. The Balaban J connectivity index is 2.55. The summed E-state index contributed by atoms with van der Waals surface area (Å²) in [5.41, 5.74) is 0.876. The zero-order chi connectivity index (χ0) is 16.5. The largest absolute Gasteiger partial charge is 0.493 e. The Hall–Kier alpha value is -2.24. The summed E-state index contributed by atoms with van der Waals surface area (Å²) in [4.78, 5) is 25.3. The maximum absolute atomic E-state index is 11.8. The summed E-state index contributed by atoms with van der Waals surface area (Å²) >= 11 is 0. The van der Waals surface area contributed by atoms with Gasteiger partial charge < -0.3 is 19.7 Å². The van der Waals surface area contributed by atoms with E-state index in [1.54, 1.807) is 31.3 Å². The number of amides is 2. The highest BCUT2D eigenvalue weighted by Gasteiger charge is 2.14. The lowest BCUT2D eigenvalue weighted by Crippen LogP contribution is -2.35. The second-order valence-corrected chi connectivity index (χ2v) is 4.71. The molecule has 0 aliphatic heterocycles. The normalized spacial score (nSPS) is 10.0. The molecule has 0 bridgehead atoms. The molecule has 1 N–H and O–H groups in total. The van der Waals surface area contributed by atoms with Crippen molar-refractivity contribution in [1.29, 1.82) is 0 Å². The van der Waals surface area contributed by atoms with Crippen LogP contribution in [-0.2, 0) is 16.1 Å². The van der Waals surface area contributed by atoms with E-state index in [9.17, 15) is 9.59 Å². The van der Waals surface area contributed by atoms with Crippen molar-refractivity contribution in [3.05, 3.63) is 23.8 Å². The Morgan fingerprint density at radius 3 is 2.27 bits per heavy atom. The van der Waals surface area contributed by atoms with Crippen LogP contribution in [0, 0.1) is 0 Å². The van der Waals surface area contributed by atoms with Crippen LogP contribution in [0.2, 0.25) is 0 Å². The summed E-state index contributed by atoms with van der Waals surface area (Å²) in [5, 5.41) is 2.74. The molecule has 0 saturated carbocycles. The van der Waals surface area contributed by atoms with E-state index < -0.39 is 0 Å². The van der Waals surface area contributed by atoms with Gasteiger partial charge in [-0.3, -0.25) is 9.59 Å². The fourth-order valence-corrected chi connectivity index (χ4v) is 2.08. The fourth-order valence-electron chi connectivity index (χ4n) is 2.08. The number of carbonyl (C=O) groups excluding carboxylic acids is 2. The lowest BCUT2D eigenvalue weighted by molar-refractivity contribution is -0.135. The minimum absolute atomic E-state index is 0.130. The molecule has 0 spiro atoms. The van der Waals surface area contributed by atoms with E-state index in [0.717, 1.165) is 5.56 Å². The van der Waals surface area contributed by atoms with Crippen LogP contribution >= 0.6 is 0 Å². The van der Waals surface area contributed by atoms with Gasteiger partial charge in [-0.15, -0.1) is 0 Å². The van der Waals surface area contributed by atoms with Crippen LogP contribution in [0.3, 0.4) is 0 Å². The first-order valence-electron chi connectivity index (χ1n) is 7.31. The van der Waals surface area contributed by atoms with Crippen LogP contribution in [0.25, 0.3) is 0 Å². The van der Waals surface area contributed by atoms with Gasteiger partial charge in [-0.2, -0.15) is 0 Å². The summed E-state index contributed by atoms with van der Waals surface area (Å²) in [7, 11) is 3.13. The lowest BCUT2D eigenvalue weighted by atomic mass is 10.2. The molecule has 0 aliphatic carbocycles. The predicted octanol–water partition coefficient (Wildman–Crippen LogP) is 1.58. The fraction of sp³-hybridized carbons (Fsp3) is 0.500. The molecular formula is C16H24N2O4. The van der Waals surface area contributed by atoms with Gasteiger partial charge in [0.25, 0.3) is 0 Å². The molecule has 1 aromatic carbocycles. The van der Waals surface area contributed by atoms with Crippen LogP contribution < -0.4 is 14.8 Å². The van der Waals surface area contributed by atoms with Crippen molar-refractivity contribution in [3.8, 4) is 11.5 Å². The summed E-state index contributed by atoms with van der Waals surface area (Å²) in [6.07, 6.45) is -0.130. The summed E-state index contributed by atoms with van der Waals surface area (Å²) in [5.74, 6) is 0.796. The highest BCUT2D eigenvalue weighted by Crippen LogP contribution is 2.27. The Kier molecular flexibility index (Phi) is 7.22. The maximum atomic E-state index is 11.8. The van der Waals surface area contributed by atoms with Gasteiger partial charge in [0, 0.05) is 19.6 Å². The lowest BCUT2D eigenvalue weighted by Gasteiger charge is -2.18. The molecule has 0 heterocycles. The van der Waals surface area contributed by atoms with Gasteiger partial charge in [-0.1, -0.05) is 6.07 Å². The number of rotatable bonds is 8. The SMILES string of the molecule is CCN(CC)C(=O)CC(=O)NCc1ccc(OC)c(OC)c1. The van der Waals surface area contributed by atoms with Gasteiger partial charge in [0.2, 0.25) is 11.8 Å². The smallest absolute Gasteiger partial charge is 0.231 e. The molecular weight excluding hydrogens is 284 g/mol. The summed E-state index contributed by atoms with van der Waals surface area (Å²) in [6.45, 7) is 5.34. The van der Waals surface area contributed by atoms with Crippen LogP contribution in [0.15, 0.2) is 18.2 Å². The third kappa shape index (κ3) is 4.95. The van der Waals surface area contributed by atoms with Crippen molar-refractivity contribution in [1.82, 2.24) is 10.2 Å². The first kappa shape index (κ1) is 17.8. The number of nitrogens with zero attached hydrogens (tertiary/aromatic N) is 1. The third-order valence-corrected chi connectivity index (χ3v) is 3.37. The molecule has 0 atom stereocenters. The molecule has 6 nitrogen and oxygen atoms in total. The Labute approximate surface area is 131 Å². The highest BCUT2D eigenvalue weighted by atomic mass is 16.5. The second-order valence-electron chi connectivity index (χ2n) is 4.71. The maximum Gasteiger partial charge on any atom is 0.231 e. The van der Waals surface area contributed by atoms with Crippen LogP contribution in [0.1, 0.15) is 25.8 Å². The molecule has 0 unspecified atom stereocenters. The Morgan fingerprint density at radius 2 is 1.73 bits per heavy atom. The van der Waals surface area contributed by atoms with Crippen molar-refractivity contribution >= 4 is 11.8 Å².